The Balaban J connectivity index is 1.51. The topological polar surface area (TPSA) is 98.8 Å². The van der Waals surface area contributed by atoms with Crippen LogP contribution in [0.4, 0.5) is 5.69 Å². The molecule has 1 aliphatic carbocycles. The monoisotopic (exact) mass is 397 g/mol. The molecule has 2 aromatic carbocycles. The molecule has 1 aliphatic rings. The van der Waals surface area contributed by atoms with Crippen LogP contribution in [-0.4, -0.2) is 42.3 Å². The summed E-state index contributed by atoms with van der Waals surface area (Å²) >= 11 is 0. The van der Waals surface area contributed by atoms with Gasteiger partial charge in [-0.25, -0.2) is 0 Å². The number of carbonyl (C=O) groups is 1. The van der Waals surface area contributed by atoms with Crippen LogP contribution in [0, 0.1) is 5.92 Å². The number of rotatable bonds is 8. The van der Waals surface area contributed by atoms with Gasteiger partial charge in [0, 0.05) is 31.9 Å². The van der Waals surface area contributed by atoms with E-state index in [9.17, 15) is 15.0 Å². The van der Waals surface area contributed by atoms with Crippen LogP contribution in [0.3, 0.4) is 0 Å². The van der Waals surface area contributed by atoms with Crippen LogP contribution in [-0.2, 0) is 0 Å². The van der Waals surface area contributed by atoms with E-state index in [0.29, 0.717) is 24.1 Å². The van der Waals surface area contributed by atoms with Crippen LogP contribution < -0.4 is 16.0 Å². The second-order valence-electron chi connectivity index (χ2n) is 8.01. The van der Waals surface area contributed by atoms with Gasteiger partial charge in [0.1, 0.15) is 5.75 Å². The Morgan fingerprint density at radius 3 is 2.72 bits per heavy atom. The van der Waals surface area contributed by atoms with Crippen molar-refractivity contribution in [2.24, 2.45) is 11.7 Å². The molecule has 0 spiro atoms. The standard InChI is InChI=1S/C23H31N3O3/c1-26(19-8-3-2-4-9-19)15-16-6-5-7-18(12-16)25-14-22(28)17-10-11-21(27)20(13-17)23(24)29/h2-4,8-11,13,16,18,22,25,27-28H,5-7,12,14-15H2,1H3,(H2,24,29)/t16-,18+,22?/m1/s1. The molecule has 0 aliphatic heterocycles. The van der Waals surface area contributed by atoms with Crippen LogP contribution in [0.15, 0.2) is 48.5 Å². The number of nitrogens with one attached hydrogen (secondary N) is 1. The van der Waals surface area contributed by atoms with E-state index in [2.05, 4.69) is 41.5 Å². The molecule has 3 atom stereocenters. The molecule has 3 rings (SSSR count). The lowest BCUT2D eigenvalue weighted by Gasteiger charge is -2.33. The van der Waals surface area contributed by atoms with E-state index < -0.39 is 12.0 Å². The predicted molar refractivity (Wildman–Crippen MR) is 115 cm³/mol. The number of nitrogens with two attached hydrogens (primary N) is 1. The Kier molecular flexibility index (Phi) is 7.12. The van der Waals surface area contributed by atoms with Crippen LogP contribution in [0.5, 0.6) is 5.75 Å². The smallest absolute Gasteiger partial charge is 0.252 e. The van der Waals surface area contributed by atoms with E-state index in [0.717, 1.165) is 19.4 Å². The van der Waals surface area contributed by atoms with Crippen LogP contribution in [0.25, 0.3) is 0 Å². The number of primary amides is 1. The highest BCUT2D eigenvalue weighted by atomic mass is 16.3. The molecule has 0 aromatic heterocycles. The summed E-state index contributed by atoms with van der Waals surface area (Å²) in [5, 5.41) is 23.7. The minimum absolute atomic E-state index is 0.0308. The van der Waals surface area contributed by atoms with Crippen molar-refractivity contribution in [3.05, 3.63) is 59.7 Å². The average molecular weight is 398 g/mol. The highest BCUT2D eigenvalue weighted by molar-refractivity contribution is 5.95. The molecule has 0 heterocycles. The van der Waals surface area contributed by atoms with Gasteiger partial charge in [0.05, 0.1) is 11.7 Å². The maximum Gasteiger partial charge on any atom is 0.252 e. The zero-order valence-corrected chi connectivity index (χ0v) is 16.9. The summed E-state index contributed by atoms with van der Waals surface area (Å²) in [6.07, 6.45) is 3.80. The lowest BCUT2D eigenvalue weighted by atomic mass is 9.85. The van der Waals surface area contributed by atoms with E-state index in [1.807, 2.05) is 6.07 Å². The number of nitrogens with zero attached hydrogens (tertiary/aromatic N) is 1. The lowest BCUT2D eigenvalue weighted by molar-refractivity contribution is 0.0997. The number of carbonyl (C=O) groups excluding carboxylic acids is 1. The molecule has 2 aromatic rings. The molecule has 1 amide bonds. The van der Waals surface area contributed by atoms with Crippen molar-refractivity contribution in [2.75, 3.05) is 25.0 Å². The molecular weight excluding hydrogens is 366 g/mol. The van der Waals surface area contributed by atoms with Gasteiger partial charge >= 0.3 is 0 Å². The fraction of sp³-hybridized carbons (Fsp3) is 0.435. The van der Waals surface area contributed by atoms with Gasteiger partial charge in [-0.15, -0.1) is 0 Å². The first-order valence-corrected chi connectivity index (χ1v) is 10.2. The summed E-state index contributed by atoms with van der Waals surface area (Å²) in [4.78, 5) is 13.7. The predicted octanol–water partition coefficient (Wildman–Crippen LogP) is 2.81. The number of para-hydroxylation sites is 1. The molecule has 156 valence electrons. The number of hydrogen-bond acceptors (Lipinski definition) is 5. The van der Waals surface area contributed by atoms with Crippen molar-refractivity contribution in [3.63, 3.8) is 0 Å². The molecule has 0 bridgehead atoms. The van der Waals surface area contributed by atoms with Crippen molar-refractivity contribution in [1.82, 2.24) is 5.32 Å². The molecule has 29 heavy (non-hydrogen) atoms. The molecule has 6 heteroatoms. The summed E-state index contributed by atoms with van der Waals surface area (Å²) in [5.41, 5.74) is 7.10. The third-order valence-corrected chi connectivity index (χ3v) is 5.78. The van der Waals surface area contributed by atoms with Gasteiger partial charge < -0.3 is 26.2 Å². The number of aromatic hydroxyl groups is 1. The number of hydrogen-bond donors (Lipinski definition) is 4. The van der Waals surface area contributed by atoms with Crippen molar-refractivity contribution < 1.29 is 15.0 Å². The number of phenols is 1. The number of anilines is 1. The fourth-order valence-electron chi connectivity index (χ4n) is 4.17. The molecule has 1 saturated carbocycles. The van der Waals surface area contributed by atoms with Crippen molar-refractivity contribution in [3.8, 4) is 5.75 Å². The maximum absolute atomic E-state index is 11.4. The minimum atomic E-state index is -0.763. The van der Waals surface area contributed by atoms with Gasteiger partial charge in [0.15, 0.2) is 0 Å². The van der Waals surface area contributed by atoms with E-state index in [1.54, 1.807) is 6.07 Å². The SMILES string of the molecule is CN(C[C@@H]1CCC[C@H](NCC(O)c2ccc(O)c(C(N)=O)c2)C1)c1ccccc1. The van der Waals surface area contributed by atoms with Gasteiger partial charge in [0.2, 0.25) is 0 Å². The van der Waals surface area contributed by atoms with E-state index in [4.69, 9.17) is 5.73 Å². The maximum atomic E-state index is 11.4. The molecular formula is C23H31N3O3. The summed E-state index contributed by atoms with van der Waals surface area (Å²) in [7, 11) is 2.14. The molecule has 5 N–H and O–H groups in total. The first kappa shape index (κ1) is 21.1. The molecule has 1 unspecified atom stereocenters. The number of aliphatic hydroxyl groups is 1. The second kappa shape index (κ2) is 9.76. The normalized spacial score (nSPS) is 20.2. The highest BCUT2D eigenvalue weighted by Gasteiger charge is 2.24. The number of amides is 1. The molecule has 6 nitrogen and oxygen atoms in total. The Morgan fingerprint density at radius 1 is 1.24 bits per heavy atom. The van der Waals surface area contributed by atoms with Crippen molar-refractivity contribution in [2.45, 2.75) is 37.8 Å². The van der Waals surface area contributed by atoms with Crippen LogP contribution >= 0.6 is 0 Å². The summed E-state index contributed by atoms with van der Waals surface area (Å²) in [5.74, 6) is -0.264. The third-order valence-electron chi connectivity index (χ3n) is 5.78. The van der Waals surface area contributed by atoms with Gasteiger partial charge in [-0.1, -0.05) is 30.7 Å². The highest BCUT2D eigenvalue weighted by Crippen LogP contribution is 2.27. The first-order chi connectivity index (χ1) is 13.9. The Labute approximate surface area is 172 Å². The van der Waals surface area contributed by atoms with E-state index >= 15 is 0 Å². The minimum Gasteiger partial charge on any atom is -0.507 e. The Morgan fingerprint density at radius 2 is 2.00 bits per heavy atom. The van der Waals surface area contributed by atoms with Gasteiger partial charge in [-0.05, 0) is 55.0 Å². The first-order valence-electron chi connectivity index (χ1n) is 10.2. The van der Waals surface area contributed by atoms with Crippen LogP contribution in [0.1, 0.15) is 47.7 Å². The largest absolute Gasteiger partial charge is 0.507 e. The summed E-state index contributed by atoms with van der Waals surface area (Å²) < 4.78 is 0. The van der Waals surface area contributed by atoms with E-state index in [-0.39, 0.29) is 11.3 Å². The molecule has 0 radical (unpaired) electrons. The Bertz CT molecular complexity index is 812. The van der Waals surface area contributed by atoms with Crippen molar-refractivity contribution in [1.29, 1.82) is 0 Å². The van der Waals surface area contributed by atoms with E-state index in [1.165, 1.54) is 30.7 Å². The zero-order valence-electron chi connectivity index (χ0n) is 16.9. The summed E-state index contributed by atoms with van der Waals surface area (Å²) in [6.45, 7) is 1.42. The number of aliphatic hydroxyl groups excluding tert-OH is 1. The number of benzene rings is 2. The van der Waals surface area contributed by atoms with Gasteiger partial charge in [0.25, 0.3) is 5.91 Å². The Hall–Kier alpha value is -2.57. The quantitative estimate of drug-likeness (QED) is 0.549. The fourth-order valence-corrected chi connectivity index (χ4v) is 4.17. The third kappa shape index (κ3) is 5.71. The summed E-state index contributed by atoms with van der Waals surface area (Å²) in [6, 6.07) is 15.3. The molecule has 1 fully saturated rings. The zero-order chi connectivity index (χ0) is 20.8. The average Bonchev–Trinajstić information content (AvgIpc) is 2.73. The molecule has 0 saturated heterocycles. The van der Waals surface area contributed by atoms with Crippen LogP contribution in [0.2, 0.25) is 0 Å². The van der Waals surface area contributed by atoms with Gasteiger partial charge in [-0.2, -0.15) is 0 Å². The van der Waals surface area contributed by atoms with Gasteiger partial charge in [-0.3, -0.25) is 4.79 Å². The van der Waals surface area contributed by atoms with Crippen molar-refractivity contribution >= 4 is 11.6 Å². The second-order valence-corrected chi connectivity index (χ2v) is 8.01. The lowest BCUT2D eigenvalue weighted by Crippen LogP contribution is -2.39.